The molecular formula is C10H21F4NO3S. The van der Waals surface area contributed by atoms with Gasteiger partial charge in [-0.2, -0.15) is 8.42 Å². The fourth-order valence-corrected chi connectivity index (χ4v) is 1.70. The zero-order valence-corrected chi connectivity index (χ0v) is 11.8. The van der Waals surface area contributed by atoms with E-state index in [0.717, 1.165) is 0 Å². The van der Waals surface area contributed by atoms with Crippen LogP contribution in [0.1, 0.15) is 19.3 Å². The van der Waals surface area contributed by atoms with Crippen molar-refractivity contribution in [3.8, 4) is 0 Å². The highest BCUT2D eigenvalue weighted by atomic mass is 32.2. The summed E-state index contributed by atoms with van der Waals surface area (Å²) in [6.07, 6.45) is -7.71. The Kier molecular flexibility index (Phi) is 12.6. The molecule has 9 heteroatoms. The summed E-state index contributed by atoms with van der Waals surface area (Å²) in [6, 6.07) is 0. The quantitative estimate of drug-likeness (QED) is 0.408. The standard InChI is InChI=1S/C8H14F4O3S.C2H7N/c9-4-2-1-3-6(10)8(12)7(11)5-16(13,14)15;1-3-2/h6-8H,1-5H2,(H,13,14,15);3H,1-2H3. The van der Waals surface area contributed by atoms with Crippen LogP contribution in [-0.2, 0) is 10.1 Å². The van der Waals surface area contributed by atoms with E-state index in [2.05, 4.69) is 5.32 Å². The normalized spacial score (nSPS) is 16.2. The van der Waals surface area contributed by atoms with Crippen LogP contribution in [0.3, 0.4) is 0 Å². The molecule has 118 valence electrons. The van der Waals surface area contributed by atoms with Crippen molar-refractivity contribution >= 4 is 10.1 Å². The predicted molar refractivity (Wildman–Crippen MR) is 65.9 cm³/mol. The van der Waals surface area contributed by atoms with Gasteiger partial charge in [0, 0.05) is 0 Å². The molecule has 3 atom stereocenters. The first-order chi connectivity index (χ1) is 8.69. The molecule has 0 saturated heterocycles. The van der Waals surface area contributed by atoms with E-state index in [1.807, 2.05) is 14.1 Å². The molecule has 0 radical (unpaired) electrons. The summed E-state index contributed by atoms with van der Waals surface area (Å²) in [5, 5.41) is 2.75. The Morgan fingerprint density at radius 3 is 1.95 bits per heavy atom. The lowest BCUT2D eigenvalue weighted by atomic mass is 10.1. The van der Waals surface area contributed by atoms with Gasteiger partial charge in [0.15, 0.2) is 12.3 Å². The van der Waals surface area contributed by atoms with Crippen molar-refractivity contribution in [1.29, 1.82) is 0 Å². The van der Waals surface area contributed by atoms with Gasteiger partial charge in [-0.15, -0.1) is 0 Å². The van der Waals surface area contributed by atoms with Gasteiger partial charge in [0.1, 0.15) is 11.9 Å². The van der Waals surface area contributed by atoms with Crippen molar-refractivity contribution in [3.05, 3.63) is 0 Å². The maximum Gasteiger partial charge on any atom is 0.267 e. The number of alkyl halides is 4. The summed E-state index contributed by atoms with van der Waals surface area (Å²) in [4.78, 5) is 0. The minimum Gasteiger partial charge on any atom is -0.323 e. The second-order valence-corrected chi connectivity index (χ2v) is 5.41. The first kappa shape index (κ1) is 20.9. The highest BCUT2D eigenvalue weighted by Gasteiger charge is 2.32. The first-order valence-electron chi connectivity index (χ1n) is 5.71. The van der Waals surface area contributed by atoms with Crippen molar-refractivity contribution in [2.24, 2.45) is 0 Å². The van der Waals surface area contributed by atoms with Gasteiger partial charge in [-0.1, -0.05) is 0 Å². The van der Waals surface area contributed by atoms with E-state index >= 15 is 0 Å². The highest BCUT2D eigenvalue weighted by Crippen LogP contribution is 2.18. The summed E-state index contributed by atoms with van der Waals surface area (Å²) in [5.41, 5.74) is 0. The number of hydrogen-bond donors (Lipinski definition) is 2. The van der Waals surface area contributed by atoms with Crippen LogP contribution in [0.25, 0.3) is 0 Å². The zero-order valence-electron chi connectivity index (χ0n) is 11.0. The molecule has 0 amide bonds. The van der Waals surface area contributed by atoms with Gasteiger partial charge in [-0.05, 0) is 33.4 Å². The predicted octanol–water partition coefficient (Wildman–Crippen LogP) is 1.86. The van der Waals surface area contributed by atoms with Crippen LogP contribution in [0, 0.1) is 0 Å². The third-order valence-electron chi connectivity index (χ3n) is 1.92. The van der Waals surface area contributed by atoms with Crippen LogP contribution in [0.15, 0.2) is 0 Å². The van der Waals surface area contributed by atoms with Crippen molar-refractivity contribution in [1.82, 2.24) is 5.32 Å². The minimum atomic E-state index is -4.67. The third kappa shape index (κ3) is 13.8. The summed E-state index contributed by atoms with van der Waals surface area (Å²) >= 11 is 0. The maximum absolute atomic E-state index is 12.9. The van der Waals surface area contributed by atoms with E-state index in [4.69, 9.17) is 4.55 Å². The summed E-state index contributed by atoms with van der Waals surface area (Å²) in [6.45, 7) is -0.673. The highest BCUT2D eigenvalue weighted by molar-refractivity contribution is 7.85. The van der Waals surface area contributed by atoms with Gasteiger partial charge >= 0.3 is 0 Å². The molecular weight excluding hydrogens is 290 g/mol. The minimum absolute atomic E-state index is 0.0440. The van der Waals surface area contributed by atoms with Crippen LogP contribution in [0.4, 0.5) is 17.6 Å². The Labute approximate surface area is 111 Å². The Morgan fingerprint density at radius 2 is 1.58 bits per heavy atom. The molecule has 0 aromatic heterocycles. The average Bonchev–Trinajstić information content (AvgIpc) is 2.27. The van der Waals surface area contributed by atoms with Gasteiger partial charge in [0.25, 0.3) is 10.1 Å². The zero-order chi connectivity index (χ0) is 15.5. The molecule has 2 N–H and O–H groups in total. The molecule has 0 bridgehead atoms. The fourth-order valence-electron chi connectivity index (χ4n) is 1.11. The van der Waals surface area contributed by atoms with Gasteiger partial charge in [0.2, 0.25) is 0 Å². The van der Waals surface area contributed by atoms with Gasteiger partial charge in [-0.3, -0.25) is 8.94 Å². The summed E-state index contributed by atoms with van der Waals surface area (Å²) < 4.78 is 78.9. The number of hydrogen-bond acceptors (Lipinski definition) is 3. The van der Waals surface area contributed by atoms with Crippen molar-refractivity contribution in [3.63, 3.8) is 0 Å². The van der Waals surface area contributed by atoms with E-state index in [1.165, 1.54) is 0 Å². The molecule has 0 aliphatic rings. The van der Waals surface area contributed by atoms with Gasteiger partial charge in [0.05, 0.1) is 6.67 Å². The molecule has 0 rings (SSSR count). The molecule has 0 aliphatic heterocycles. The maximum atomic E-state index is 12.9. The van der Waals surface area contributed by atoms with Crippen molar-refractivity contribution in [2.75, 3.05) is 26.5 Å². The third-order valence-corrected chi connectivity index (χ3v) is 2.66. The molecule has 0 aromatic carbocycles. The smallest absolute Gasteiger partial charge is 0.267 e. The summed E-state index contributed by atoms with van der Waals surface area (Å²) in [5.74, 6) is -1.47. The second kappa shape index (κ2) is 11.4. The van der Waals surface area contributed by atoms with Crippen molar-refractivity contribution in [2.45, 2.75) is 37.8 Å². The molecule has 0 fully saturated rings. The summed E-state index contributed by atoms with van der Waals surface area (Å²) in [7, 11) is -0.919. The lowest BCUT2D eigenvalue weighted by molar-refractivity contribution is 0.0851. The van der Waals surface area contributed by atoms with Crippen LogP contribution in [-0.4, -0.2) is 58.0 Å². The Bertz CT molecular complexity index is 303. The van der Waals surface area contributed by atoms with E-state index in [-0.39, 0.29) is 19.3 Å². The van der Waals surface area contributed by atoms with Crippen LogP contribution < -0.4 is 5.32 Å². The lowest BCUT2D eigenvalue weighted by Crippen LogP contribution is -2.33. The second-order valence-electron chi connectivity index (χ2n) is 3.91. The lowest BCUT2D eigenvalue weighted by Gasteiger charge is -2.16. The number of rotatable bonds is 8. The van der Waals surface area contributed by atoms with E-state index in [0.29, 0.717) is 0 Å². The topological polar surface area (TPSA) is 66.4 Å². The Morgan fingerprint density at radius 1 is 1.11 bits per heavy atom. The number of halogens is 4. The number of unbranched alkanes of at least 4 members (excludes halogenated alkanes) is 1. The van der Waals surface area contributed by atoms with E-state index in [9.17, 15) is 26.0 Å². The van der Waals surface area contributed by atoms with E-state index < -0.39 is 41.1 Å². The Balaban J connectivity index is 0. The SMILES string of the molecule is CNC.O=S(=O)(O)CC(F)C(F)C(F)CCCCF. The molecule has 0 aliphatic carbocycles. The molecule has 3 unspecified atom stereocenters. The monoisotopic (exact) mass is 311 g/mol. The number of nitrogens with one attached hydrogen (secondary N) is 1. The largest absolute Gasteiger partial charge is 0.323 e. The van der Waals surface area contributed by atoms with E-state index in [1.54, 1.807) is 0 Å². The van der Waals surface area contributed by atoms with Crippen LogP contribution in [0.5, 0.6) is 0 Å². The van der Waals surface area contributed by atoms with Gasteiger partial charge in [-0.25, -0.2) is 13.2 Å². The molecule has 0 heterocycles. The van der Waals surface area contributed by atoms with Crippen LogP contribution >= 0.6 is 0 Å². The molecule has 0 spiro atoms. The van der Waals surface area contributed by atoms with Crippen molar-refractivity contribution < 1.29 is 30.5 Å². The van der Waals surface area contributed by atoms with Gasteiger partial charge < -0.3 is 5.32 Å². The average molecular weight is 311 g/mol. The molecule has 4 nitrogen and oxygen atoms in total. The molecule has 0 aromatic rings. The Hall–Kier alpha value is -0.410. The first-order valence-corrected chi connectivity index (χ1v) is 7.32. The molecule has 0 saturated carbocycles. The fraction of sp³-hybridized carbons (Fsp3) is 1.00. The molecule has 19 heavy (non-hydrogen) atoms. The van der Waals surface area contributed by atoms with Crippen LogP contribution in [0.2, 0.25) is 0 Å².